The molecule has 1 aromatic rings. The molecule has 0 atom stereocenters. The maximum Gasteiger partial charge on any atom is 0.205 e. The number of hydrogen-bond acceptors (Lipinski definition) is 3. The first kappa shape index (κ1) is 13.0. The minimum atomic E-state index is 0.679. The zero-order valence-electron chi connectivity index (χ0n) is 11.8. The minimum Gasteiger partial charge on any atom is -0.342 e. The lowest BCUT2D eigenvalue weighted by Gasteiger charge is -2.34. The Balaban J connectivity index is 1.69. The van der Waals surface area contributed by atoms with E-state index in [-0.39, 0.29) is 0 Å². The molecular formula is C15H26N4. The van der Waals surface area contributed by atoms with Crippen molar-refractivity contribution in [3.05, 3.63) is 12.4 Å². The molecule has 19 heavy (non-hydrogen) atoms. The summed E-state index contributed by atoms with van der Waals surface area (Å²) in [6.45, 7) is 3.07. The summed E-state index contributed by atoms with van der Waals surface area (Å²) in [6.07, 6.45) is 13.4. The normalized spacial score (nSPS) is 22.9. The van der Waals surface area contributed by atoms with Gasteiger partial charge in [0.2, 0.25) is 5.95 Å². The van der Waals surface area contributed by atoms with E-state index >= 15 is 0 Å². The van der Waals surface area contributed by atoms with Gasteiger partial charge in [0.05, 0.1) is 0 Å². The minimum absolute atomic E-state index is 0.679. The molecule has 1 saturated heterocycles. The first-order valence-corrected chi connectivity index (χ1v) is 7.86. The topological polar surface area (TPSA) is 47.1 Å². The molecule has 1 aliphatic carbocycles. The zero-order valence-corrected chi connectivity index (χ0v) is 11.8. The number of aromatic nitrogens is 2. The number of nitrogens with two attached hydrogens (primary N) is 1. The molecule has 1 aliphatic heterocycles. The molecular weight excluding hydrogens is 236 g/mol. The van der Waals surface area contributed by atoms with E-state index in [1.165, 1.54) is 50.9 Å². The van der Waals surface area contributed by atoms with Crippen LogP contribution in [0.3, 0.4) is 0 Å². The number of rotatable bonds is 3. The Morgan fingerprint density at radius 1 is 1.11 bits per heavy atom. The maximum absolute atomic E-state index is 5.77. The molecule has 0 spiro atoms. The average Bonchev–Trinajstić information content (AvgIpc) is 2.98. The van der Waals surface area contributed by atoms with Gasteiger partial charge < -0.3 is 15.2 Å². The van der Waals surface area contributed by atoms with Gasteiger partial charge in [-0.2, -0.15) is 0 Å². The van der Waals surface area contributed by atoms with Gasteiger partial charge in [-0.3, -0.25) is 0 Å². The van der Waals surface area contributed by atoms with E-state index in [2.05, 4.69) is 20.6 Å². The number of piperidine rings is 1. The van der Waals surface area contributed by atoms with E-state index in [1.54, 1.807) is 0 Å². The van der Waals surface area contributed by atoms with Crippen LogP contribution >= 0.6 is 0 Å². The van der Waals surface area contributed by atoms with Crippen molar-refractivity contribution >= 4 is 5.95 Å². The second-order valence-corrected chi connectivity index (χ2v) is 6.09. The zero-order chi connectivity index (χ0) is 13.1. The fourth-order valence-electron chi connectivity index (χ4n) is 3.56. The SMILES string of the molecule is NCC1CCN(c2nccn2C2CCCCC2)CC1. The quantitative estimate of drug-likeness (QED) is 0.910. The molecule has 2 heterocycles. The Labute approximate surface area is 116 Å². The van der Waals surface area contributed by atoms with E-state index in [0.29, 0.717) is 12.0 Å². The summed E-state index contributed by atoms with van der Waals surface area (Å²) in [5.41, 5.74) is 5.77. The van der Waals surface area contributed by atoms with E-state index < -0.39 is 0 Å². The van der Waals surface area contributed by atoms with Gasteiger partial charge in [0, 0.05) is 31.5 Å². The van der Waals surface area contributed by atoms with Crippen molar-refractivity contribution in [2.45, 2.75) is 51.0 Å². The van der Waals surface area contributed by atoms with Crippen LogP contribution in [0.4, 0.5) is 5.95 Å². The van der Waals surface area contributed by atoms with Crippen LogP contribution in [-0.4, -0.2) is 29.2 Å². The molecule has 2 N–H and O–H groups in total. The lowest BCUT2D eigenvalue weighted by atomic mass is 9.95. The first-order valence-electron chi connectivity index (χ1n) is 7.86. The second kappa shape index (κ2) is 5.95. The van der Waals surface area contributed by atoms with Crippen LogP contribution in [0.2, 0.25) is 0 Å². The third kappa shape index (κ3) is 2.78. The monoisotopic (exact) mass is 262 g/mol. The third-order valence-corrected chi connectivity index (χ3v) is 4.85. The maximum atomic E-state index is 5.77. The van der Waals surface area contributed by atoms with Crippen molar-refractivity contribution in [3.63, 3.8) is 0 Å². The van der Waals surface area contributed by atoms with Crippen molar-refractivity contribution in [1.29, 1.82) is 0 Å². The van der Waals surface area contributed by atoms with Crippen LogP contribution < -0.4 is 10.6 Å². The van der Waals surface area contributed by atoms with Gasteiger partial charge in [-0.1, -0.05) is 19.3 Å². The van der Waals surface area contributed by atoms with Crippen molar-refractivity contribution in [2.75, 3.05) is 24.5 Å². The van der Waals surface area contributed by atoms with Crippen molar-refractivity contribution in [1.82, 2.24) is 9.55 Å². The highest BCUT2D eigenvalue weighted by Crippen LogP contribution is 2.32. The highest BCUT2D eigenvalue weighted by molar-refractivity contribution is 5.32. The van der Waals surface area contributed by atoms with Crippen molar-refractivity contribution in [2.24, 2.45) is 11.7 Å². The summed E-state index contributed by atoms with van der Waals surface area (Å²) < 4.78 is 2.43. The van der Waals surface area contributed by atoms with Gasteiger partial charge >= 0.3 is 0 Å². The Morgan fingerprint density at radius 2 is 1.84 bits per heavy atom. The Kier molecular flexibility index (Phi) is 4.06. The highest BCUT2D eigenvalue weighted by Gasteiger charge is 2.24. The summed E-state index contributed by atoms with van der Waals surface area (Å²) in [4.78, 5) is 7.08. The van der Waals surface area contributed by atoms with Crippen LogP contribution in [0, 0.1) is 5.92 Å². The van der Waals surface area contributed by atoms with Crippen LogP contribution in [-0.2, 0) is 0 Å². The van der Waals surface area contributed by atoms with E-state index in [1.807, 2.05) is 6.20 Å². The molecule has 2 aliphatic rings. The fraction of sp³-hybridized carbons (Fsp3) is 0.800. The molecule has 4 heteroatoms. The van der Waals surface area contributed by atoms with Gasteiger partial charge in [-0.15, -0.1) is 0 Å². The predicted octanol–water partition coefficient (Wildman–Crippen LogP) is 2.56. The highest BCUT2D eigenvalue weighted by atomic mass is 15.3. The van der Waals surface area contributed by atoms with E-state index in [0.717, 1.165) is 19.6 Å². The fourth-order valence-corrected chi connectivity index (χ4v) is 3.56. The van der Waals surface area contributed by atoms with Crippen molar-refractivity contribution < 1.29 is 0 Å². The van der Waals surface area contributed by atoms with Crippen LogP contribution in [0.25, 0.3) is 0 Å². The Morgan fingerprint density at radius 3 is 2.53 bits per heavy atom. The molecule has 4 nitrogen and oxygen atoms in total. The van der Waals surface area contributed by atoms with Crippen molar-refractivity contribution in [3.8, 4) is 0 Å². The lowest BCUT2D eigenvalue weighted by molar-refractivity contribution is 0.347. The summed E-state index contributed by atoms with van der Waals surface area (Å²) in [5.74, 6) is 1.91. The molecule has 106 valence electrons. The number of imidazole rings is 1. The number of anilines is 1. The molecule has 0 unspecified atom stereocenters. The largest absolute Gasteiger partial charge is 0.342 e. The van der Waals surface area contributed by atoms with Crippen LogP contribution in [0.5, 0.6) is 0 Å². The third-order valence-electron chi connectivity index (χ3n) is 4.85. The summed E-state index contributed by atoms with van der Waals surface area (Å²) in [5, 5.41) is 0. The Hall–Kier alpha value is -1.03. The molecule has 1 aromatic heterocycles. The van der Waals surface area contributed by atoms with E-state index in [4.69, 9.17) is 5.73 Å². The molecule has 0 radical (unpaired) electrons. The van der Waals surface area contributed by atoms with E-state index in [9.17, 15) is 0 Å². The molecule has 3 rings (SSSR count). The molecule has 1 saturated carbocycles. The average molecular weight is 262 g/mol. The number of hydrogen-bond donors (Lipinski definition) is 1. The smallest absolute Gasteiger partial charge is 0.205 e. The molecule has 0 bridgehead atoms. The summed E-state index contributed by atoms with van der Waals surface area (Å²) >= 11 is 0. The lowest BCUT2D eigenvalue weighted by Crippen LogP contribution is -2.38. The first-order chi connectivity index (χ1) is 9.38. The standard InChI is InChI=1S/C15H26N4/c16-12-13-6-9-18(10-7-13)15-17-8-11-19(15)14-4-2-1-3-5-14/h8,11,13-14H,1-7,9-10,12,16H2. The van der Waals surface area contributed by atoms with Gasteiger partial charge in [0.1, 0.15) is 0 Å². The van der Waals surface area contributed by atoms with Gasteiger partial charge in [-0.05, 0) is 38.1 Å². The van der Waals surface area contributed by atoms with Gasteiger partial charge in [-0.25, -0.2) is 4.98 Å². The summed E-state index contributed by atoms with van der Waals surface area (Å²) in [6, 6.07) is 0.679. The predicted molar refractivity (Wildman–Crippen MR) is 78.3 cm³/mol. The van der Waals surface area contributed by atoms with Crippen LogP contribution in [0.15, 0.2) is 12.4 Å². The molecule has 2 fully saturated rings. The van der Waals surface area contributed by atoms with Gasteiger partial charge in [0.15, 0.2) is 0 Å². The molecule has 0 aromatic carbocycles. The summed E-state index contributed by atoms with van der Waals surface area (Å²) in [7, 11) is 0. The second-order valence-electron chi connectivity index (χ2n) is 6.09. The Bertz CT molecular complexity index is 387. The number of nitrogens with zero attached hydrogens (tertiary/aromatic N) is 3. The van der Waals surface area contributed by atoms with Crippen LogP contribution in [0.1, 0.15) is 51.0 Å². The van der Waals surface area contributed by atoms with Gasteiger partial charge in [0.25, 0.3) is 0 Å². The molecule has 0 amide bonds.